The Labute approximate surface area is 163 Å². The van der Waals surface area contributed by atoms with Crippen LogP contribution in [0, 0.1) is 0 Å². The Morgan fingerprint density at radius 3 is 1.30 bits per heavy atom. The second-order valence-electron chi connectivity index (χ2n) is 7.10. The Bertz CT molecular complexity index is 1230. The van der Waals surface area contributed by atoms with Crippen LogP contribution in [-0.2, 0) is 0 Å². The molecule has 0 radical (unpaired) electrons. The van der Waals surface area contributed by atoms with Gasteiger partial charge < -0.3 is 0 Å². The summed E-state index contributed by atoms with van der Waals surface area (Å²) in [6, 6.07) is 38.4. The van der Waals surface area contributed by atoms with Crippen LogP contribution >= 0.6 is 0 Å². The molecular weight excluding hydrogens is 387 g/mol. The van der Waals surface area contributed by atoms with Gasteiger partial charge in [-0.3, -0.25) is 0 Å². The zero-order valence-electron chi connectivity index (χ0n) is 14.8. The van der Waals surface area contributed by atoms with Crippen LogP contribution in [0.3, 0.4) is 0 Å². The van der Waals surface area contributed by atoms with Crippen molar-refractivity contribution in [3.8, 4) is 11.1 Å². The molecule has 0 nitrogen and oxygen atoms in total. The Morgan fingerprint density at radius 2 is 0.815 bits per heavy atom. The van der Waals surface area contributed by atoms with Crippen molar-refractivity contribution in [2.45, 2.75) is 0 Å². The second-order valence-corrected chi connectivity index (χ2v) is 11.6. The summed E-state index contributed by atoms with van der Waals surface area (Å²) in [7, 11) is 0. The summed E-state index contributed by atoms with van der Waals surface area (Å²) in [5, 5.41) is 5.37. The number of hydrogen-bond acceptors (Lipinski definition) is 0. The minimum absolute atomic E-state index is 1.33. The first-order chi connectivity index (χ1) is 13.4. The number of hydrogen-bond donors (Lipinski definition) is 0. The minimum atomic E-state index is -1.54. The third kappa shape index (κ3) is 2.30. The van der Waals surface area contributed by atoms with E-state index in [1.54, 1.807) is 8.70 Å². The van der Waals surface area contributed by atoms with Gasteiger partial charge in [-0.05, 0) is 0 Å². The van der Waals surface area contributed by atoms with Gasteiger partial charge in [-0.15, -0.1) is 0 Å². The van der Waals surface area contributed by atoms with Crippen LogP contribution in [0.5, 0.6) is 0 Å². The van der Waals surface area contributed by atoms with Crippen molar-refractivity contribution >= 4 is 49.3 Å². The van der Waals surface area contributed by atoms with E-state index in [0.29, 0.717) is 0 Å². The molecule has 1 aliphatic rings. The van der Waals surface area contributed by atoms with Crippen molar-refractivity contribution in [1.82, 2.24) is 0 Å². The van der Waals surface area contributed by atoms with Crippen molar-refractivity contribution in [3.05, 3.63) is 103 Å². The molecule has 0 saturated carbocycles. The molecule has 0 unspecified atom stereocenters. The molecule has 1 aliphatic heterocycles. The molecule has 0 aromatic heterocycles. The molecule has 0 amide bonds. The van der Waals surface area contributed by atoms with E-state index >= 15 is 0 Å². The molecule has 0 fully saturated rings. The van der Waals surface area contributed by atoms with Crippen molar-refractivity contribution < 1.29 is 0 Å². The summed E-state index contributed by atoms with van der Waals surface area (Å²) in [6.07, 6.45) is 0. The predicted molar refractivity (Wildman–Crippen MR) is 118 cm³/mol. The van der Waals surface area contributed by atoms with Crippen molar-refractivity contribution in [1.29, 1.82) is 0 Å². The van der Waals surface area contributed by atoms with E-state index in [4.69, 9.17) is 0 Å². The van der Waals surface area contributed by atoms with Gasteiger partial charge in [0.15, 0.2) is 0 Å². The van der Waals surface area contributed by atoms with E-state index in [2.05, 4.69) is 103 Å². The van der Waals surface area contributed by atoms with E-state index < -0.39 is 14.7 Å². The zero-order valence-corrected chi connectivity index (χ0v) is 16.6. The van der Waals surface area contributed by atoms with E-state index in [9.17, 15) is 0 Å². The van der Waals surface area contributed by atoms with Gasteiger partial charge >= 0.3 is 164 Å². The van der Waals surface area contributed by atoms with Crippen LogP contribution in [0.1, 0.15) is 0 Å². The van der Waals surface area contributed by atoms with Gasteiger partial charge in [0.2, 0.25) is 0 Å². The molecule has 1 heteroatoms. The molecule has 0 atom stereocenters. The molecule has 6 rings (SSSR count). The quantitative estimate of drug-likeness (QED) is 0.354. The molecule has 27 heavy (non-hydrogen) atoms. The maximum atomic E-state index is 2.46. The first-order valence-corrected chi connectivity index (χ1v) is 12.1. The van der Waals surface area contributed by atoms with Gasteiger partial charge in [-0.25, -0.2) is 0 Å². The fourth-order valence-electron chi connectivity index (χ4n) is 4.24. The van der Waals surface area contributed by atoms with Gasteiger partial charge in [-0.1, -0.05) is 0 Å². The summed E-state index contributed by atoms with van der Waals surface area (Å²) in [5.41, 5.74) is 2.89. The first-order valence-electron chi connectivity index (χ1n) is 9.30. The van der Waals surface area contributed by atoms with E-state index in [1.807, 2.05) is 0 Å². The van der Waals surface area contributed by atoms with Crippen LogP contribution in [0.4, 0.5) is 0 Å². The van der Waals surface area contributed by atoms with Gasteiger partial charge in [0, 0.05) is 0 Å². The fourth-order valence-corrected chi connectivity index (χ4v) is 9.85. The van der Waals surface area contributed by atoms with Crippen LogP contribution in [0.15, 0.2) is 103 Å². The molecule has 126 valence electrons. The second kappa shape index (κ2) is 5.84. The topological polar surface area (TPSA) is 0 Å². The van der Waals surface area contributed by atoms with Crippen molar-refractivity contribution in [2.24, 2.45) is 0 Å². The Balaban J connectivity index is 1.73. The van der Waals surface area contributed by atoms with Crippen LogP contribution in [-0.4, -0.2) is 14.7 Å². The molecule has 0 spiro atoms. The van der Waals surface area contributed by atoms with E-state index in [1.165, 1.54) is 37.0 Å². The van der Waals surface area contributed by atoms with Crippen LogP contribution in [0.2, 0.25) is 0 Å². The standard InChI is InChI=1S/C26H17As/c1-2-12-22(13-3-1)27-25-16-20-10-6-4-8-18(20)14-23(25)24-15-19-9-5-7-11-21(19)17-26(24)27/h1-17H. The SMILES string of the molecule is c1ccc([As]2c3cc4ccccc4cc3-c3cc4ccccc4cc32)cc1. The molecule has 0 saturated heterocycles. The van der Waals surface area contributed by atoms with Gasteiger partial charge in [0.1, 0.15) is 0 Å². The van der Waals surface area contributed by atoms with Crippen LogP contribution in [0.25, 0.3) is 32.7 Å². The number of fused-ring (bicyclic) bond motifs is 5. The van der Waals surface area contributed by atoms with Crippen molar-refractivity contribution in [3.63, 3.8) is 0 Å². The fraction of sp³-hybridized carbons (Fsp3) is 0. The molecule has 0 N–H and O–H groups in total. The predicted octanol–water partition coefficient (Wildman–Crippen LogP) is 4.49. The Hall–Kier alpha value is -2.82. The van der Waals surface area contributed by atoms with Gasteiger partial charge in [-0.2, -0.15) is 0 Å². The molecule has 1 heterocycles. The van der Waals surface area contributed by atoms with Gasteiger partial charge in [0.25, 0.3) is 0 Å². The molecule has 0 bridgehead atoms. The molecule has 0 aliphatic carbocycles. The Kier molecular flexibility index (Phi) is 3.30. The summed E-state index contributed by atoms with van der Waals surface area (Å²) in [4.78, 5) is 0. The summed E-state index contributed by atoms with van der Waals surface area (Å²) in [6.45, 7) is 0. The van der Waals surface area contributed by atoms with Crippen molar-refractivity contribution in [2.75, 3.05) is 0 Å². The average Bonchev–Trinajstić information content (AvgIpc) is 3.03. The number of rotatable bonds is 1. The third-order valence-electron chi connectivity index (χ3n) is 5.51. The average molecular weight is 404 g/mol. The monoisotopic (exact) mass is 404 g/mol. The first kappa shape index (κ1) is 15.3. The summed E-state index contributed by atoms with van der Waals surface area (Å²) < 4.78 is 4.64. The normalized spacial score (nSPS) is 13.0. The molecule has 5 aromatic carbocycles. The van der Waals surface area contributed by atoms with Crippen LogP contribution < -0.4 is 13.1 Å². The number of benzene rings is 5. The Morgan fingerprint density at radius 1 is 0.407 bits per heavy atom. The zero-order chi connectivity index (χ0) is 17.8. The molecule has 5 aromatic rings. The summed E-state index contributed by atoms with van der Waals surface area (Å²) in [5.74, 6) is 0. The summed E-state index contributed by atoms with van der Waals surface area (Å²) >= 11 is -1.54. The molecular formula is C26H17As. The van der Waals surface area contributed by atoms with E-state index in [0.717, 1.165) is 0 Å². The third-order valence-corrected chi connectivity index (χ3v) is 10.8. The maximum absolute atomic E-state index is 2.46. The van der Waals surface area contributed by atoms with Gasteiger partial charge in [0.05, 0.1) is 0 Å². The van der Waals surface area contributed by atoms with E-state index in [-0.39, 0.29) is 0 Å².